The Labute approximate surface area is 192 Å². The largest absolute Gasteiger partial charge is 0.468 e. The first kappa shape index (κ1) is 22.6. The van der Waals surface area contributed by atoms with Gasteiger partial charge >= 0.3 is 5.97 Å². The number of halogens is 1. The topological polar surface area (TPSA) is 108 Å². The lowest BCUT2D eigenvalue weighted by molar-refractivity contribution is -0.150. The molecule has 158 valence electrons. The smallest absolute Gasteiger partial charge is 0.319 e. The molecule has 0 aromatic heterocycles. The minimum atomic E-state index is -1.21. The summed E-state index contributed by atoms with van der Waals surface area (Å²) in [7, 11) is 1.20. The number of nitrogens with zero attached hydrogens (tertiary/aromatic N) is 1. The molecule has 31 heavy (non-hydrogen) atoms. The summed E-state index contributed by atoms with van der Waals surface area (Å²) in [6, 6.07) is 18.1. The first-order valence-corrected chi connectivity index (χ1v) is 11.0. The Hall–Kier alpha value is -3.09. The minimum Gasteiger partial charge on any atom is -0.468 e. The fraction of sp³-hybridized carbons (Fsp3) is 0.182. The van der Waals surface area contributed by atoms with Crippen LogP contribution in [0.15, 0.2) is 69.7 Å². The number of methoxy groups -OCH3 is 1. The second-order valence-corrected chi connectivity index (χ2v) is 8.48. The van der Waals surface area contributed by atoms with E-state index in [-0.39, 0.29) is 22.3 Å². The third kappa shape index (κ3) is 5.34. The monoisotopic (exact) mass is 499 g/mol. The van der Waals surface area contributed by atoms with Crippen LogP contribution in [0.2, 0.25) is 0 Å². The minimum absolute atomic E-state index is 0.0240. The van der Waals surface area contributed by atoms with Crippen LogP contribution in [-0.2, 0) is 19.1 Å². The Balaban J connectivity index is 1.90. The molecule has 2 atom stereocenters. The van der Waals surface area contributed by atoms with Gasteiger partial charge in [0.25, 0.3) is 0 Å². The molecule has 1 aliphatic rings. The number of hydrogen-bond acceptors (Lipinski definition) is 6. The van der Waals surface area contributed by atoms with Crippen LogP contribution in [0.25, 0.3) is 0 Å². The van der Waals surface area contributed by atoms with Crippen molar-refractivity contribution in [1.82, 2.24) is 5.32 Å². The van der Waals surface area contributed by atoms with Crippen LogP contribution in [-0.4, -0.2) is 30.6 Å². The van der Waals surface area contributed by atoms with E-state index in [4.69, 9.17) is 4.74 Å². The van der Waals surface area contributed by atoms with Gasteiger partial charge in [0.1, 0.15) is 5.92 Å². The van der Waals surface area contributed by atoms with E-state index < -0.39 is 23.7 Å². The molecule has 7 nitrogen and oxygen atoms in total. The van der Waals surface area contributed by atoms with E-state index in [1.165, 1.54) is 7.11 Å². The van der Waals surface area contributed by atoms with Gasteiger partial charge in [0.05, 0.1) is 29.5 Å². The standard InChI is InChI=1S/C22H18BrN3O4S/c1-30-22(29)19-18(13-6-5-7-14(23)10-13)16(11-24)21(26-20(19)28)31-12-17(27)25-15-8-3-2-4-9-15/h2-10,18-19H,12H2,1H3,(H,25,27)(H,26,28)/t18-,19-/m0/s1. The molecule has 0 saturated heterocycles. The van der Waals surface area contributed by atoms with Crippen LogP contribution in [0.5, 0.6) is 0 Å². The Morgan fingerprint density at radius 3 is 2.61 bits per heavy atom. The molecule has 0 fully saturated rings. The van der Waals surface area contributed by atoms with Crippen LogP contribution < -0.4 is 10.6 Å². The van der Waals surface area contributed by atoms with Crippen molar-refractivity contribution in [3.8, 4) is 6.07 Å². The molecule has 0 radical (unpaired) electrons. The van der Waals surface area contributed by atoms with Crippen LogP contribution in [0.4, 0.5) is 5.69 Å². The fourth-order valence-electron chi connectivity index (χ4n) is 3.24. The molecule has 0 unspecified atom stereocenters. The summed E-state index contributed by atoms with van der Waals surface area (Å²) in [5.41, 5.74) is 1.46. The van der Waals surface area contributed by atoms with Gasteiger partial charge in [-0.15, -0.1) is 0 Å². The van der Waals surface area contributed by atoms with Crippen molar-refractivity contribution in [2.75, 3.05) is 18.2 Å². The quantitative estimate of drug-likeness (QED) is 0.464. The van der Waals surface area contributed by atoms with Gasteiger partial charge in [-0.05, 0) is 29.8 Å². The molecular weight excluding hydrogens is 482 g/mol. The summed E-state index contributed by atoms with van der Waals surface area (Å²) in [6.07, 6.45) is 0. The van der Waals surface area contributed by atoms with Crippen molar-refractivity contribution < 1.29 is 19.1 Å². The lowest BCUT2D eigenvalue weighted by Gasteiger charge is -2.31. The first-order chi connectivity index (χ1) is 14.9. The molecule has 2 aromatic rings. The number of hydrogen-bond donors (Lipinski definition) is 2. The number of anilines is 1. The normalized spacial score (nSPS) is 18.0. The number of ether oxygens (including phenoxy) is 1. The van der Waals surface area contributed by atoms with Crippen molar-refractivity contribution >= 4 is 51.2 Å². The van der Waals surface area contributed by atoms with Gasteiger partial charge in [-0.2, -0.15) is 5.26 Å². The van der Waals surface area contributed by atoms with Gasteiger partial charge in [0.15, 0.2) is 0 Å². The van der Waals surface area contributed by atoms with Gasteiger partial charge in [0.2, 0.25) is 11.8 Å². The van der Waals surface area contributed by atoms with E-state index in [0.29, 0.717) is 11.3 Å². The van der Waals surface area contributed by atoms with Crippen LogP contribution in [0.3, 0.4) is 0 Å². The molecule has 0 aliphatic carbocycles. The van der Waals surface area contributed by atoms with E-state index in [9.17, 15) is 19.6 Å². The SMILES string of the molecule is COC(=O)[C@@H]1C(=O)NC(SCC(=O)Nc2ccccc2)=C(C#N)[C@@H]1c1cccc(Br)c1. The Kier molecular flexibility index (Phi) is 7.50. The number of para-hydroxylation sites is 1. The molecule has 0 saturated carbocycles. The molecule has 2 amide bonds. The van der Waals surface area contributed by atoms with Crippen molar-refractivity contribution in [3.63, 3.8) is 0 Å². The lowest BCUT2D eigenvalue weighted by Crippen LogP contribution is -2.44. The van der Waals surface area contributed by atoms with E-state index >= 15 is 0 Å². The number of nitrogens with one attached hydrogen (secondary N) is 2. The highest BCUT2D eigenvalue weighted by atomic mass is 79.9. The molecule has 2 aromatic carbocycles. The maximum Gasteiger partial charge on any atom is 0.319 e. The number of allylic oxidation sites excluding steroid dienone is 1. The van der Waals surface area contributed by atoms with Crippen LogP contribution in [0.1, 0.15) is 11.5 Å². The van der Waals surface area contributed by atoms with Gasteiger partial charge in [-0.3, -0.25) is 14.4 Å². The van der Waals surface area contributed by atoms with E-state index in [0.717, 1.165) is 16.2 Å². The highest BCUT2D eigenvalue weighted by molar-refractivity contribution is 9.10. The average Bonchev–Trinajstić information content (AvgIpc) is 2.77. The fourth-order valence-corrected chi connectivity index (χ4v) is 4.50. The zero-order valence-corrected chi connectivity index (χ0v) is 18.8. The molecule has 9 heteroatoms. The molecule has 0 spiro atoms. The summed E-state index contributed by atoms with van der Waals surface area (Å²) in [6.45, 7) is 0. The Morgan fingerprint density at radius 1 is 1.23 bits per heavy atom. The third-order valence-corrected chi connectivity index (χ3v) is 6.11. The number of carbonyl (C=O) groups is 3. The van der Waals surface area contributed by atoms with Gasteiger partial charge in [0, 0.05) is 16.1 Å². The van der Waals surface area contributed by atoms with Crippen LogP contribution >= 0.6 is 27.7 Å². The third-order valence-electron chi connectivity index (χ3n) is 4.60. The predicted molar refractivity (Wildman–Crippen MR) is 121 cm³/mol. The molecular formula is C22H18BrN3O4S. The number of esters is 1. The second kappa shape index (κ2) is 10.3. The molecule has 3 rings (SSSR count). The number of benzene rings is 2. The summed E-state index contributed by atoms with van der Waals surface area (Å²) in [5, 5.41) is 15.5. The lowest BCUT2D eigenvalue weighted by atomic mass is 9.78. The number of nitriles is 1. The highest BCUT2D eigenvalue weighted by Gasteiger charge is 2.44. The summed E-state index contributed by atoms with van der Waals surface area (Å²) < 4.78 is 5.56. The second-order valence-electron chi connectivity index (χ2n) is 6.58. The molecule has 0 bridgehead atoms. The van der Waals surface area contributed by atoms with Crippen molar-refractivity contribution in [2.24, 2.45) is 5.92 Å². The Morgan fingerprint density at radius 2 is 1.97 bits per heavy atom. The van der Waals surface area contributed by atoms with Crippen molar-refractivity contribution in [2.45, 2.75) is 5.92 Å². The number of thioether (sulfide) groups is 1. The summed E-state index contributed by atoms with van der Waals surface area (Å²) >= 11 is 4.42. The maximum absolute atomic E-state index is 12.8. The van der Waals surface area contributed by atoms with E-state index in [2.05, 4.69) is 32.6 Å². The number of rotatable bonds is 6. The molecule has 1 heterocycles. The summed E-state index contributed by atoms with van der Waals surface area (Å²) in [4.78, 5) is 37.5. The zero-order valence-electron chi connectivity index (χ0n) is 16.4. The van der Waals surface area contributed by atoms with E-state index in [1.807, 2.05) is 6.07 Å². The number of amides is 2. The van der Waals surface area contributed by atoms with Gasteiger partial charge in [-0.25, -0.2) is 0 Å². The maximum atomic E-state index is 12.8. The first-order valence-electron chi connectivity index (χ1n) is 9.20. The highest BCUT2D eigenvalue weighted by Crippen LogP contribution is 2.40. The predicted octanol–water partition coefficient (Wildman–Crippen LogP) is 3.56. The Bertz CT molecular complexity index is 1080. The molecule has 1 aliphatic heterocycles. The van der Waals surface area contributed by atoms with Crippen molar-refractivity contribution in [3.05, 3.63) is 75.2 Å². The van der Waals surface area contributed by atoms with Gasteiger partial charge in [-0.1, -0.05) is 58.0 Å². The number of carbonyl (C=O) groups excluding carboxylic acids is 3. The van der Waals surface area contributed by atoms with E-state index in [1.54, 1.807) is 48.5 Å². The zero-order chi connectivity index (χ0) is 22.4. The van der Waals surface area contributed by atoms with Crippen molar-refractivity contribution in [1.29, 1.82) is 5.26 Å². The van der Waals surface area contributed by atoms with Crippen LogP contribution in [0, 0.1) is 17.2 Å². The summed E-state index contributed by atoms with van der Waals surface area (Å²) in [5.74, 6) is -3.67. The average molecular weight is 500 g/mol. The van der Waals surface area contributed by atoms with Gasteiger partial charge < -0.3 is 15.4 Å². The molecule has 2 N–H and O–H groups in total.